The normalized spacial score (nSPS) is 11.8. The van der Waals surface area contributed by atoms with Crippen molar-refractivity contribution in [3.63, 3.8) is 0 Å². The first-order chi connectivity index (χ1) is 11.2. The molecule has 2 aromatic rings. The maximum Gasteiger partial charge on any atom is 0.534 e. The average Bonchev–Trinajstić information content (AvgIpc) is 2.54. The molecule has 0 fully saturated rings. The highest BCUT2D eigenvalue weighted by atomic mass is 32.2. The van der Waals surface area contributed by atoms with Gasteiger partial charge >= 0.3 is 21.6 Å². The van der Waals surface area contributed by atoms with Gasteiger partial charge in [0.15, 0.2) is 5.75 Å². The van der Waals surface area contributed by atoms with Crippen LogP contribution in [0.4, 0.5) is 13.2 Å². The van der Waals surface area contributed by atoms with Crippen molar-refractivity contribution in [2.24, 2.45) is 0 Å². The van der Waals surface area contributed by atoms with Gasteiger partial charge in [-0.1, -0.05) is 30.3 Å². The van der Waals surface area contributed by atoms with Crippen LogP contribution in [0.1, 0.15) is 10.4 Å². The van der Waals surface area contributed by atoms with Gasteiger partial charge in [0.05, 0.1) is 12.7 Å². The van der Waals surface area contributed by atoms with E-state index >= 15 is 0 Å². The molecule has 0 unspecified atom stereocenters. The van der Waals surface area contributed by atoms with Crippen molar-refractivity contribution in [2.75, 3.05) is 7.11 Å². The van der Waals surface area contributed by atoms with E-state index < -0.39 is 27.3 Å². The van der Waals surface area contributed by atoms with Crippen LogP contribution < -0.4 is 4.18 Å². The Balaban J connectivity index is 2.58. The van der Waals surface area contributed by atoms with E-state index in [-0.39, 0.29) is 11.1 Å². The Labute approximate surface area is 135 Å². The number of esters is 1. The summed E-state index contributed by atoms with van der Waals surface area (Å²) in [5, 5.41) is 0. The second-order valence-electron chi connectivity index (χ2n) is 4.55. The number of methoxy groups -OCH3 is 1. The van der Waals surface area contributed by atoms with Gasteiger partial charge in [-0.25, -0.2) is 4.79 Å². The number of rotatable bonds is 4. The SMILES string of the molecule is COC(=O)c1ccc(OS(=O)(=O)C(F)(F)F)c(-c2ccccc2)c1. The summed E-state index contributed by atoms with van der Waals surface area (Å²) in [5.74, 6) is -1.27. The summed E-state index contributed by atoms with van der Waals surface area (Å²) in [4.78, 5) is 11.6. The lowest BCUT2D eigenvalue weighted by atomic mass is 10.0. The van der Waals surface area contributed by atoms with Crippen molar-refractivity contribution in [3.05, 3.63) is 54.1 Å². The molecule has 0 saturated heterocycles. The van der Waals surface area contributed by atoms with Crippen LogP contribution >= 0.6 is 0 Å². The van der Waals surface area contributed by atoms with Gasteiger partial charge in [-0.2, -0.15) is 21.6 Å². The number of hydrogen-bond donors (Lipinski definition) is 0. The number of carbonyl (C=O) groups is 1. The van der Waals surface area contributed by atoms with Gasteiger partial charge in [-0.05, 0) is 23.8 Å². The van der Waals surface area contributed by atoms with Crippen molar-refractivity contribution in [1.82, 2.24) is 0 Å². The monoisotopic (exact) mass is 360 g/mol. The van der Waals surface area contributed by atoms with Gasteiger partial charge in [0.2, 0.25) is 0 Å². The van der Waals surface area contributed by atoms with Crippen LogP contribution in [-0.2, 0) is 14.9 Å². The van der Waals surface area contributed by atoms with E-state index in [2.05, 4.69) is 8.92 Å². The number of alkyl halides is 3. The van der Waals surface area contributed by atoms with Gasteiger partial charge < -0.3 is 8.92 Å². The Hall–Kier alpha value is -2.55. The van der Waals surface area contributed by atoms with Crippen LogP contribution in [0.25, 0.3) is 11.1 Å². The molecule has 0 aliphatic carbocycles. The molecule has 0 radical (unpaired) electrons. The lowest BCUT2D eigenvalue weighted by molar-refractivity contribution is -0.0499. The molecule has 9 heteroatoms. The zero-order valence-electron chi connectivity index (χ0n) is 12.2. The van der Waals surface area contributed by atoms with E-state index in [4.69, 9.17) is 0 Å². The number of carbonyl (C=O) groups excluding carboxylic acids is 1. The minimum atomic E-state index is -5.84. The third kappa shape index (κ3) is 3.67. The lowest BCUT2D eigenvalue weighted by Gasteiger charge is -2.14. The first kappa shape index (κ1) is 17.8. The fourth-order valence-electron chi connectivity index (χ4n) is 1.86. The highest BCUT2D eigenvalue weighted by molar-refractivity contribution is 7.88. The molecule has 0 aromatic heterocycles. The van der Waals surface area contributed by atoms with Crippen molar-refractivity contribution in [2.45, 2.75) is 5.51 Å². The number of ether oxygens (including phenoxy) is 1. The summed E-state index contributed by atoms with van der Waals surface area (Å²) in [7, 11) is -4.69. The predicted molar refractivity (Wildman–Crippen MR) is 78.8 cm³/mol. The first-order valence-corrected chi connectivity index (χ1v) is 7.85. The second-order valence-corrected chi connectivity index (χ2v) is 6.09. The third-order valence-electron chi connectivity index (χ3n) is 2.97. The summed E-state index contributed by atoms with van der Waals surface area (Å²) in [6, 6.07) is 11.2. The zero-order valence-corrected chi connectivity index (χ0v) is 13.0. The Morgan fingerprint density at radius 3 is 2.21 bits per heavy atom. The van der Waals surface area contributed by atoms with E-state index in [1.807, 2.05) is 0 Å². The fourth-order valence-corrected chi connectivity index (χ4v) is 2.33. The average molecular weight is 360 g/mol. The van der Waals surface area contributed by atoms with Gasteiger partial charge in [0.1, 0.15) is 0 Å². The van der Waals surface area contributed by atoms with Crippen LogP contribution in [-0.4, -0.2) is 27.0 Å². The van der Waals surface area contributed by atoms with Crippen molar-refractivity contribution >= 4 is 16.1 Å². The van der Waals surface area contributed by atoms with E-state index in [1.54, 1.807) is 18.2 Å². The number of benzene rings is 2. The third-order valence-corrected chi connectivity index (χ3v) is 3.93. The van der Waals surface area contributed by atoms with E-state index in [9.17, 15) is 26.4 Å². The summed E-state index contributed by atoms with van der Waals surface area (Å²) >= 11 is 0. The molecule has 0 aliphatic rings. The van der Waals surface area contributed by atoms with Gasteiger partial charge in [0.25, 0.3) is 0 Å². The Morgan fingerprint density at radius 1 is 1.04 bits per heavy atom. The molecule has 0 bridgehead atoms. The van der Waals surface area contributed by atoms with Crippen LogP contribution in [0.3, 0.4) is 0 Å². The quantitative estimate of drug-likeness (QED) is 0.475. The molecule has 0 spiro atoms. The van der Waals surface area contributed by atoms with Crippen LogP contribution in [0, 0.1) is 0 Å². The highest BCUT2D eigenvalue weighted by Gasteiger charge is 2.48. The smallest absolute Gasteiger partial charge is 0.465 e. The molecule has 5 nitrogen and oxygen atoms in total. The minimum Gasteiger partial charge on any atom is -0.465 e. The highest BCUT2D eigenvalue weighted by Crippen LogP contribution is 2.35. The Kier molecular flexibility index (Phi) is 4.83. The van der Waals surface area contributed by atoms with Crippen molar-refractivity contribution in [3.8, 4) is 16.9 Å². The second kappa shape index (κ2) is 6.52. The number of halogens is 3. The molecule has 24 heavy (non-hydrogen) atoms. The predicted octanol–water partition coefficient (Wildman–Crippen LogP) is 3.37. The molecular weight excluding hydrogens is 349 g/mol. The van der Waals surface area contributed by atoms with E-state index in [0.717, 1.165) is 19.2 Å². The maximum absolute atomic E-state index is 12.5. The maximum atomic E-state index is 12.5. The summed E-state index contributed by atoms with van der Waals surface area (Å²) in [5.41, 5.74) is -5.16. The molecule has 128 valence electrons. The van der Waals surface area contributed by atoms with Crippen molar-refractivity contribution in [1.29, 1.82) is 0 Å². The lowest BCUT2D eigenvalue weighted by Crippen LogP contribution is -2.28. The van der Waals surface area contributed by atoms with E-state index in [1.165, 1.54) is 18.2 Å². The molecule has 0 atom stereocenters. The largest absolute Gasteiger partial charge is 0.534 e. The molecule has 0 heterocycles. The molecule has 0 N–H and O–H groups in total. The number of hydrogen-bond acceptors (Lipinski definition) is 5. The molecule has 2 rings (SSSR count). The van der Waals surface area contributed by atoms with Gasteiger partial charge in [0, 0.05) is 5.56 Å². The Bertz CT molecular complexity index is 845. The first-order valence-electron chi connectivity index (χ1n) is 6.44. The molecule has 0 saturated carbocycles. The van der Waals surface area contributed by atoms with Gasteiger partial charge in [-0.15, -0.1) is 0 Å². The molecule has 0 aliphatic heterocycles. The molecule has 0 amide bonds. The summed E-state index contributed by atoms with van der Waals surface area (Å²) < 4.78 is 68.8. The van der Waals surface area contributed by atoms with Crippen molar-refractivity contribution < 1.29 is 35.3 Å². The van der Waals surface area contributed by atoms with Crippen LogP contribution in [0.15, 0.2) is 48.5 Å². The van der Waals surface area contributed by atoms with E-state index in [0.29, 0.717) is 5.56 Å². The van der Waals surface area contributed by atoms with Crippen LogP contribution in [0.2, 0.25) is 0 Å². The standard InChI is InChI=1S/C15H11F3O5S/c1-22-14(19)11-7-8-13(23-24(20,21)15(16,17)18)12(9-11)10-5-3-2-4-6-10/h2-9H,1H3. The minimum absolute atomic E-state index is 0.00586. The van der Waals surface area contributed by atoms with Crippen LogP contribution in [0.5, 0.6) is 5.75 Å². The molecule has 2 aromatic carbocycles. The fraction of sp³-hybridized carbons (Fsp3) is 0.133. The molecular formula is C15H11F3O5S. The summed E-state index contributed by atoms with van der Waals surface area (Å²) in [6.45, 7) is 0. The topological polar surface area (TPSA) is 69.7 Å². The Morgan fingerprint density at radius 2 is 1.67 bits per heavy atom. The zero-order chi connectivity index (χ0) is 18.0. The van der Waals surface area contributed by atoms with Gasteiger partial charge in [-0.3, -0.25) is 0 Å². The summed E-state index contributed by atoms with van der Waals surface area (Å²) in [6.07, 6.45) is 0.